The van der Waals surface area contributed by atoms with Crippen LogP contribution in [0.1, 0.15) is 24.9 Å². The Labute approximate surface area is 75.7 Å². The first-order valence-electron chi connectivity index (χ1n) is 4.10. The Bertz CT molecular complexity index is 285. The van der Waals surface area contributed by atoms with Crippen LogP contribution in [0.2, 0.25) is 0 Å². The molecule has 0 spiro atoms. The molecule has 1 aromatic rings. The average Bonchev–Trinajstić information content (AvgIpc) is 2.10. The van der Waals surface area contributed by atoms with Crippen LogP contribution in [0.4, 0.5) is 8.78 Å². The molecule has 0 heterocycles. The summed E-state index contributed by atoms with van der Waals surface area (Å²) >= 11 is 0. The molecule has 0 aliphatic carbocycles. The average molecular weight is 186 g/mol. The van der Waals surface area contributed by atoms with Crippen molar-refractivity contribution in [3.63, 3.8) is 0 Å². The van der Waals surface area contributed by atoms with Crippen LogP contribution >= 0.6 is 0 Å². The summed E-state index contributed by atoms with van der Waals surface area (Å²) in [5.41, 5.74) is 2.86. The van der Waals surface area contributed by atoms with Crippen LogP contribution in [0, 0.1) is 11.6 Å². The largest absolute Gasteiger partial charge is 0.271 e. The van der Waals surface area contributed by atoms with E-state index in [0.717, 1.165) is 6.07 Å². The maximum atomic E-state index is 13.1. The van der Waals surface area contributed by atoms with Crippen molar-refractivity contribution in [2.24, 2.45) is 5.84 Å². The van der Waals surface area contributed by atoms with Crippen molar-refractivity contribution in [3.8, 4) is 0 Å². The molecule has 3 N–H and O–H groups in total. The van der Waals surface area contributed by atoms with Crippen LogP contribution in [0.5, 0.6) is 0 Å². The van der Waals surface area contributed by atoms with E-state index < -0.39 is 11.6 Å². The molecule has 2 nitrogen and oxygen atoms in total. The molecule has 72 valence electrons. The Hall–Kier alpha value is -1.00. The van der Waals surface area contributed by atoms with Gasteiger partial charge >= 0.3 is 0 Å². The summed E-state index contributed by atoms with van der Waals surface area (Å²) < 4.78 is 25.7. The highest BCUT2D eigenvalue weighted by molar-refractivity contribution is 5.21. The topological polar surface area (TPSA) is 38.0 Å². The Morgan fingerprint density at radius 2 is 2.15 bits per heavy atom. The van der Waals surface area contributed by atoms with Crippen molar-refractivity contribution >= 4 is 0 Å². The minimum atomic E-state index is -0.576. The van der Waals surface area contributed by atoms with E-state index in [0.29, 0.717) is 12.0 Å². The van der Waals surface area contributed by atoms with Gasteiger partial charge in [0.05, 0.1) is 0 Å². The molecular formula is C9H12F2N2. The molecular weight excluding hydrogens is 174 g/mol. The summed E-state index contributed by atoms with van der Waals surface area (Å²) in [6, 6.07) is 3.22. The molecule has 0 unspecified atom stereocenters. The second-order valence-corrected chi connectivity index (χ2v) is 2.79. The summed E-state index contributed by atoms with van der Waals surface area (Å²) in [6.07, 6.45) is 0.652. The van der Waals surface area contributed by atoms with Gasteiger partial charge in [0.2, 0.25) is 0 Å². The quantitative estimate of drug-likeness (QED) is 0.558. The maximum Gasteiger partial charge on any atom is 0.130 e. The summed E-state index contributed by atoms with van der Waals surface area (Å²) in [7, 11) is 0. The highest BCUT2D eigenvalue weighted by Crippen LogP contribution is 2.19. The van der Waals surface area contributed by atoms with Crippen LogP contribution in [-0.2, 0) is 0 Å². The van der Waals surface area contributed by atoms with Gasteiger partial charge in [-0.15, -0.1) is 0 Å². The molecule has 0 radical (unpaired) electrons. The van der Waals surface area contributed by atoms with Crippen molar-refractivity contribution in [3.05, 3.63) is 35.4 Å². The van der Waals surface area contributed by atoms with Crippen LogP contribution in [-0.4, -0.2) is 0 Å². The molecule has 0 saturated carbocycles. The van der Waals surface area contributed by atoms with Gasteiger partial charge in [-0.05, 0) is 12.5 Å². The first-order valence-corrected chi connectivity index (χ1v) is 4.10. The van der Waals surface area contributed by atoms with E-state index in [4.69, 9.17) is 5.84 Å². The van der Waals surface area contributed by atoms with Crippen LogP contribution in [0.15, 0.2) is 18.2 Å². The van der Waals surface area contributed by atoms with E-state index >= 15 is 0 Å². The lowest BCUT2D eigenvalue weighted by molar-refractivity contribution is 0.494. The van der Waals surface area contributed by atoms with Crippen LogP contribution in [0.25, 0.3) is 0 Å². The molecule has 0 saturated heterocycles. The minimum Gasteiger partial charge on any atom is -0.271 e. The third-order valence-corrected chi connectivity index (χ3v) is 1.95. The standard InChI is InChI=1S/C9H12F2N2/c1-2-9(13-12)7-4-3-6(10)5-8(7)11/h3-5,9,13H,2,12H2,1H3/t9-/m0/s1. The van der Waals surface area contributed by atoms with Gasteiger partial charge in [-0.1, -0.05) is 13.0 Å². The zero-order valence-electron chi connectivity index (χ0n) is 7.35. The second kappa shape index (κ2) is 4.30. The van der Waals surface area contributed by atoms with Gasteiger partial charge in [0.15, 0.2) is 0 Å². The number of hydrogen-bond donors (Lipinski definition) is 2. The number of nitrogens with one attached hydrogen (secondary N) is 1. The predicted molar refractivity (Wildman–Crippen MR) is 46.7 cm³/mol. The molecule has 0 aliphatic heterocycles. The van der Waals surface area contributed by atoms with Crippen molar-refractivity contribution in [2.45, 2.75) is 19.4 Å². The Kier molecular flexibility index (Phi) is 3.33. The highest BCUT2D eigenvalue weighted by atomic mass is 19.1. The molecule has 1 atom stereocenters. The van der Waals surface area contributed by atoms with Gasteiger partial charge in [-0.2, -0.15) is 0 Å². The Balaban J connectivity index is 2.99. The zero-order chi connectivity index (χ0) is 9.84. The smallest absolute Gasteiger partial charge is 0.130 e. The number of benzene rings is 1. The fourth-order valence-corrected chi connectivity index (χ4v) is 1.21. The highest BCUT2D eigenvalue weighted by Gasteiger charge is 2.12. The number of nitrogens with two attached hydrogens (primary N) is 1. The lowest BCUT2D eigenvalue weighted by atomic mass is 10.0. The molecule has 1 aromatic carbocycles. The predicted octanol–water partition coefficient (Wildman–Crippen LogP) is 1.88. The van der Waals surface area contributed by atoms with Crippen molar-refractivity contribution in [2.75, 3.05) is 0 Å². The molecule has 0 amide bonds. The normalized spacial score (nSPS) is 12.9. The summed E-state index contributed by atoms with van der Waals surface area (Å²) in [4.78, 5) is 0. The molecule has 4 heteroatoms. The number of halogens is 2. The van der Waals surface area contributed by atoms with Gasteiger partial charge in [0, 0.05) is 17.7 Å². The summed E-state index contributed by atoms with van der Waals surface area (Å²) in [6.45, 7) is 1.87. The Morgan fingerprint density at radius 1 is 1.46 bits per heavy atom. The van der Waals surface area contributed by atoms with Crippen molar-refractivity contribution in [1.29, 1.82) is 0 Å². The van der Waals surface area contributed by atoms with E-state index in [2.05, 4.69) is 5.43 Å². The first-order chi connectivity index (χ1) is 6.19. The van der Waals surface area contributed by atoms with Gasteiger partial charge < -0.3 is 0 Å². The fraction of sp³-hybridized carbons (Fsp3) is 0.333. The third-order valence-electron chi connectivity index (χ3n) is 1.95. The number of hydrazine groups is 1. The SMILES string of the molecule is CC[C@H](NN)c1ccc(F)cc1F. The molecule has 0 fully saturated rings. The number of hydrogen-bond acceptors (Lipinski definition) is 2. The zero-order valence-corrected chi connectivity index (χ0v) is 7.35. The fourth-order valence-electron chi connectivity index (χ4n) is 1.21. The molecule has 0 bridgehead atoms. The maximum absolute atomic E-state index is 13.1. The number of rotatable bonds is 3. The monoisotopic (exact) mass is 186 g/mol. The van der Waals surface area contributed by atoms with Gasteiger partial charge in [-0.3, -0.25) is 11.3 Å². The van der Waals surface area contributed by atoms with E-state index in [1.807, 2.05) is 6.92 Å². The van der Waals surface area contributed by atoms with Gasteiger partial charge in [-0.25, -0.2) is 8.78 Å². The second-order valence-electron chi connectivity index (χ2n) is 2.79. The molecule has 0 aromatic heterocycles. The van der Waals surface area contributed by atoms with Crippen molar-refractivity contribution in [1.82, 2.24) is 5.43 Å². The molecule has 0 aliphatic rings. The van der Waals surface area contributed by atoms with Crippen molar-refractivity contribution < 1.29 is 8.78 Å². The van der Waals surface area contributed by atoms with Crippen LogP contribution < -0.4 is 11.3 Å². The van der Waals surface area contributed by atoms with E-state index in [1.54, 1.807) is 0 Å². The van der Waals surface area contributed by atoms with Gasteiger partial charge in [0.25, 0.3) is 0 Å². The van der Waals surface area contributed by atoms with E-state index in [1.165, 1.54) is 12.1 Å². The minimum absolute atomic E-state index is 0.263. The van der Waals surface area contributed by atoms with Crippen LogP contribution in [0.3, 0.4) is 0 Å². The van der Waals surface area contributed by atoms with Gasteiger partial charge in [0.1, 0.15) is 11.6 Å². The molecule has 13 heavy (non-hydrogen) atoms. The van der Waals surface area contributed by atoms with E-state index in [9.17, 15) is 8.78 Å². The first kappa shape index (κ1) is 10.1. The molecule has 1 rings (SSSR count). The Morgan fingerprint density at radius 3 is 2.62 bits per heavy atom. The summed E-state index contributed by atoms with van der Waals surface area (Å²) in [5, 5.41) is 0. The lowest BCUT2D eigenvalue weighted by Gasteiger charge is -2.14. The third kappa shape index (κ3) is 2.23. The summed E-state index contributed by atoms with van der Waals surface area (Å²) in [5.74, 6) is 4.07. The van der Waals surface area contributed by atoms with E-state index in [-0.39, 0.29) is 6.04 Å². The lowest BCUT2D eigenvalue weighted by Crippen LogP contribution is -2.28.